The van der Waals surface area contributed by atoms with Crippen molar-refractivity contribution >= 4 is 35.2 Å². The molecule has 0 spiro atoms. The molecule has 1 fully saturated rings. The summed E-state index contributed by atoms with van der Waals surface area (Å²) in [6.45, 7) is 5.41. The fourth-order valence-electron chi connectivity index (χ4n) is 5.19. The Morgan fingerprint density at radius 3 is 2.91 bits per heavy atom. The number of aromatic nitrogens is 1. The Hall–Kier alpha value is -2.10. The molecule has 0 unspecified atom stereocenters. The Morgan fingerprint density at radius 2 is 2.06 bits per heavy atom. The van der Waals surface area contributed by atoms with Crippen LogP contribution >= 0.6 is 11.9 Å². The zero-order valence-corrected chi connectivity index (χ0v) is 20.4. The number of aliphatic hydroxyl groups is 1. The minimum Gasteiger partial charge on any atom is -0.395 e. The molecule has 3 aliphatic rings. The van der Waals surface area contributed by atoms with Gasteiger partial charge >= 0.3 is 0 Å². The van der Waals surface area contributed by atoms with Crippen LogP contribution in [-0.2, 0) is 28.8 Å². The highest BCUT2D eigenvalue weighted by atomic mass is 32.2. The van der Waals surface area contributed by atoms with E-state index < -0.39 is 0 Å². The topological polar surface area (TPSA) is 89.6 Å². The van der Waals surface area contributed by atoms with E-state index in [-0.39, 0.29) is 12.5 Å². The van der Waals surface area contributed by atoms with Crippen molar-refractivity contribution < 1.29 is 14.6 Å². The van der Waals surface area contributed by atoms with Gasteiger partial charge in [-0.05, 0) is 92.4 Å². The Bertz CT molecular complexity index is 1060. The number of aliphatic hydroxyl groups excluding tert-OH is 1. The predicted octanol–water partition coefficient (Wildman–Crippen LogP) is 3.24. The molecule has 0 saturated carbocycles. The molecular weight excluding hydrogens is 448 g/mol. The number of rotatable bonds is 9. The number of aryl methyl sites for hydroxylation is 1. The van der Waals surface area contributed by atoms with E-state index in [0.717, 1.165) is 80.4 Å². The van der Waals surface area contributed by atoms with Gasteiger partial charge in [-0.25, -0.2) is 0 Å². The van der Waals surface area contributed by atoms with Crippen molar-refractivity contribution in [2.24, 2.45) is 0 Å². The van der Waals surface area contributed by atoms with Crippen molar-refractivity contribution in [1.29, 1.82) is 0 Å². The first-order chi connectivity index (χ1) is 16.7. The maximum atomic E-state index is 12.9. The highest BCUT2D eigenvalue weighted by molar-refractivity contribution is 7.97. The number of nitrogens with one attached hydrogen (secondary N) is 3. The van der Waals surface area contributed by atoms with Crippen LogP contribution in [0.3, 0.4) is 0 Å². The van der Waals surface area contributed by atoms with E-state index in [2.05, 4.69) is 32.1 Å². The smallest absolute Gasteiger partial charge is 0.256 e. The molecule has 182 valence electrons. The quantitative estimate of drug-likeness (QED) is 0.249. The average molecular weight is 483 g/mol. The van der Waals surface area contributed by atoms with Gasteiger partial charge in [-0.2, -0.15) is 0 Å². The summed E-state index contributed by atoms with van der Waals surface area (Å²) in [5.41, 5.74) is 7.84. The maximum Gasteiger partial charge on any atom is 0.256 e. The number of nitrogens with zero attached hydrogens (tertiary/aromatic N) is 1. The molecule has 2 aromatic rings. The number of anilines is 1. The van der Waals surface area contributed by atoms with Crippen LogP contribution in [0, 0.1) is 0 Å². The van der Waals surface area contributed by atoms with Crippen LogP contribution < -0.4 is 10.0 Å². The van der Waals surface area contributed by atoms with Gasteiger partial charge in [0.15, 0.2) is 0 Å². The lowest BCUT2D eigenvalue weighted by Gasteiger charge is -2.26. The summed E-state index contributed by atoms with van der Waals surface area (Å²) in [6.07, 6.45) is 8.89. The lowest BCUT2D eigenvalue weighted by Crippen LogP contribution is -2.37. The fourth-order valence-corrected chi connectivity index (χ4v) is 5.86. The van der Waals surface area contributed by atoms with Crippen LogP contribution in [0.25, 0.3) is 11.6 Å². The number of aromatic amines is 1. The van der Waals surface area contributed by atoms with Crippen molar-refractivity contribution in [2.75, 3.05) is 51.3 Å². The Morgan fingerprint density at radius 1 is 1.21 bits per heavy atom. The number of hydrogen-bond acceptors (Lipinski definition) is 6. The molecule has 2 aliphatic heterocycles. The van der Waals surface area contributed by atoms with Crippen molar-refractivity contribution in [3.63, 3.8) is 0 Å². The molecule has 1 saturated heterocycles. The van der Waals surface area contributed by atoms with Crippen LogP contribution in [0.1, 0.15) is 47.3 Å². The molecule has 0 atom stereocenters. The van der Waals surface area contributed by atoms with Gasteiger partial charge in [0.25, 0.3) is 5.91 Å². The fraction of sp³-hybridized carbons (Fsp3) is 0.500. The number of carbonyl (C=O) groups is 1. The molecular formula is C26H34N4O3S. The number of carbonyl (C=O) groups excluding carboxylic acids is 1. The summed E-state index contributed by atoms with van der Waals surface area (Å²) in [6, 6.07) is 6.00. The average Bonchev–Trinajstić information content (AvgIpc) is 3.37. The Labute approximate surface area is 205 Å². The van der Waals surface area contributed by atoms with Crippen molar-refractivity contribution in [3.05, 3.63) is 46.3 Å². The maximum absolute atomic E-state index is 12.9. The number of hydrogen-bond donors (Lipinski definition) is 4. The van der Waals surface area contributed by atoms with E-state index in [0.29, 0.717) is 12.1 Å². The number of H-pyrrole nitrogens is 1. The van der Waals surface area contributed by atoms with Crippen LogP contribution in [0.2, 0.25) is 0 Å². The first-order valence-electron chi connectivity index (χ1n) is 12.4. The van der Waals surface area contributed by atoms with E-state index in [1.165, 1.54) is 41.6 Å². The summed E-state index contributed by atoms with van der Waals surface area (Å²) in [5, 5.41) is 12.0. The second-order valence-electron chi connectivity index (χ2n) is 9.18. The SMILES string of the molecule is O=C1Nc2ccc(SNCCO)cc2/C1=C/c1[nH]c2c(c1CCCN1CCOCC1)CCCC2. The van der Waals surface area contributed by atoms with Gasteiger partial charge in [0, 0.05) is 47.2 Å². The largest absolute Gasteiger partial charge is 0.395 e. The Balaban J connectivity index is 1.40. The molecule has 0 radical (unpaired) electrons. The van der Waals surface area contributed by atoms with Crippen LogP contribution in [-0.4, -0.2) is 66.9 Å². The summed E-state index contributed by atoms with van der Waals surface area (Å²) in [4.78, 5) is 20.1. The van der Waals surface area contributed by atoms with Crippen LogP contribution in [0.5, 0.6) is 0 Å². The van der Waals surface area contributed by atoms with E-state index in [1.807, 2.05) is 12.1 Å². The molecule has 34 heavy (non-hydrogen) atoms. The molecule has 1 aromatic carbocycles. The second kappa shape index (κ2) is 11.1. The molecule has 0 bridgehead atoms. The van der Waals surface area contributed by atoms with Gasteiger partial charge in [0.1, 0.15) is 0 Å². The molecule has 1 aliphatic carbocycles. The number of fused-ring (bicyclic) bond motifs is 2. The summed E-state index contributed by atoms with van der Waals surface area (Å²) in [5.74, 6) is -0.0488. The van der Waals surface area contributed by atoms with Crippen LogP contribution in [0.15, 0.2) is 23.1 Å². The third-order valence-electron chi connectivity index (χ3n) is 6.91. The Kier molecular flexibility index (Phi) is 7.71. The molecule has 5 rings (SSSR count). The molecule has 8 heteroatoms. The van der Waals surface area contributed by atoms with Crippen molar-refractivity contribution in [1.82, 2.24) is 14.6 Å². The number of benzene rings is 1. The molecule has 7 nitrogen and oxygen atoms in total. The predicted molar refractivity (Wildman–Crippen MR) is 137 cm³/mol. The van der Waals surface area contributed by atoms with Gasteiger partial charge in [0.05, 0.1) is 25.4 Å². The van der Waals surface area contributed by atoms with E-state index in [1.54, 1.807) is 0 Å². The van der Waals surface area contributed by atoms with Gasteiger partial charge in [-0.3, -0.25) is 14.4 Å². The van der Waals surface area contributed by atoms with Gasteiger partial charge in [0.2, 0.25) is 0 Å². The third-order valence-corrected chi connectivity index (χ3v) is 7.75. The van der Waals surface area contributed by atoms with Crippen molar-refractivity contribution in [3.8, 4) is 0 Å². The zero-order chi connectivity index (χ0) is 23.3. The number of amides is 1. The van der Waals surface area contributed by atoms with Crippen molar-refractivity contribution in [2.45, 2.75) is 43.4 Å². The first-order valence-corrected chi connectivity index (χ1v) is 13.3. The second-order valence-corrected chi connectivity index (χ2v) is 10.1. The van der Waals surface area contributed by atoms with Crippen LogP contribution in [0.4, 0.5) is 5.69 Å². The molecule has 4 N–H and O–H groups in total. The molecule has 1 aromatic heterocycles. The molecule has 1 amide bonds. The summed E-state index contributed by atoms with van der Waals surface area (Å²) in [7, 11) is 0. The summed E-state index contributed by atoms with van der Waals surface area (Å²) < 4.78 is 8.62. The normalized spacial score (nSPS) is 19.3. The minimum atomic E-state index is -0.0488. The van der Waals surface area contributed by atoms with E-state index in [4.69, 9.17) is 9.84 Å². The highest BCUT2D eigenvalue weighted by Gasteiger charge is 2.26. The van der Waals surface area contributed by atoms with Gasteiger partial charge < -0.3 is 20.1 Å². The van der Waals surface area contributed by atoms with Gasteiger partial charge in [-0.1, -0.05) is 0 Å². The highest BCUT2D eigenvalue weighted by Crippen LogP contribution is 2.37. The van der Waals surface area contributed by atoms with Gasteiger partial charge in [-0.15, -0.1) is 0 Å². The van der Waals surface area contributed by atoms with E-state index in [9.17, 15) is 4.79 Å². The summed E-state index contributed by atoms with van der Waals surface area (Å²) >= 11 is 1.47. The lowest BCUT2D eigenvalue weighted by atomic mass is 9.92. The lowest BCUT2D eigenvalue weighted by molar-refractivity contribution is -0.110. The number of ether oxygens (including phenoxy) is 1. The minimum absolute atomic E-state index is 0.0488. The zero-order valence-electron chi connectivity index (χ0n) is 19.6. The van der Waals surface area contributed by atoms with E-state index >= 15 is 0 Å². The molecule has 3 heterocycles. The monoisotopic (exact) mass is 482 g/mol. The third kappa shape index (κ3) is 5.26. The first kappa shape index (κ1) is 23.6. The standard InChI is InChI=1S/C26H34N4O3S/c31-13-9-27-34-18-7-8-24-21(16-18)22(26(32)29-24)17-25-20(19-4-1-2-6-23(19)28-25)5-3-10-30-11-14-33-15-12-30/h7-8,16-17,27-28,31H,1-6,9-15H2,(H,29,32)/b22-17-. The number of morpholine rings is 1.